The summed E-state index contributed by atoms with van der Waals surface area (Å²) in [6.45, 7) is 1.86. The normalized spacial score (nSPS) is 11.3. The van der Waals surface area contributed by atoms with E-state index >= 15 is 0 Å². The minimum Gasteiger partial charge on any atom is -0.326 e. The summed E-state index contributed by atoms with van der Waals surface area (Å²) < 4.78 is 25.4. The van der Waals surface area contributed by atoms with Crippen molar-refractivity contribution in [2.75, 3.05) is 11.1 Å². The summed E-state index contributed by atoms with van der Waals surface area (Å²) in [6.07, 6.45) is -0.136. The van der Waals surface area contributed by atoms with E-state index in [1.54, 1.807) is 18.2 Å². The van der Waals surface area contributed by atoms with Crippen molar-refractivity contribution in [1.82, 2.24) is 0 Å². The number of carbonyl (C=O) groups is 1. The van der Waals surface area contributed by atoms with E-state index < -0.39 is 9.84 Å². The van der Waals surface area contributed by atoms with Crippen molar-refractivity contribution in [2.45, 2.75) is 18.2 Å². The molecule has 0 aliphatic rings. The highest BCUT2D eigenvalue weighted by Gasteiger charge is 2.19. The molecule has 0 saturated heterocycles. The van der Waals surface area contributed by atoms with E-state index in [1.807, 2.05) is 19.1 Å². The van der Waals surface area contributed by atoms with Crippen LogP contribution < -0.4 is 5.32 Å². The first-order chi connectivity index (χ1) is 10.8. The molecule has 0 aliphatic carbocycles. The Kier molecular flexibility index (Phi) is 5.84. The van der Waals surface area contributed by atoms with E-state index in [1.165, 1.54) is 12.1 Å². The summed E-state index contributed by atoms with van der Waals surface area (Å²) in [7, 11) is -3.60. The Hall–Kier alpha value is -1.37. The summed E-state index contributed by atoms with van der Waals surface area (Å²) >= 11 is 9.25. The second kappa shape index (κ2) is 7.47. The first kappa shape index (κ1) is 18.0. The first-order valence-electron chi connectivity index (χ1n) is 6.83. The van der Waals surface area contributed by atoms with E-state index in [0.717, 1.165) is 10.0 Å². The fourth-order valence-corrected chi connectivity index (χ4v) is 4.30. The smallest absolute Gasteiger partial charge is 0.225 e. The molecule has 0 spiro atoms. The molecule has 0 radical (unpaired) electrons. The third kappa shape index (κ3) is 4.80. The largest absolute Gasteiger partial charge is 0.326 e. The number of amides is 1. The van der Waals surface area contributed by atoms with Gasteiger partial charge in [-0.05, 0) is 42.8 Å². The summed E-state index contributed by atoms with van der Waals surface area (Å²) in [5, 5.41) is 2.88. The molecule has 2 aromatic rings. The van der Waals surface area contributed by atoms with Crippen LogP contribution in [0.3, 0.4) is 0 Å². The van der Waals surface area contributed by atoms with E-state index in [-0.39, 0.29) is 28.0 Å². The maximum Gasteiger partial charge on any atom is 0.225 e. The van der Waals surface area contributed by atoms with Crippen LogP contribution in [0.5, 0.6) is 0 Å². The second-order valence-corrected chi connectivity index (χ2v) is 8.41. The maximum atomic E-state index is 12.3. The lowest BCUT2D eigenvalue weighted by atomic mass is 10.2. The fourth-order valence-electron chi connectivity index (χ4n) is 2.01. The van der Waals surface area contributed by atoms with E-state index in [9.17, 15) is 13.2 Å². The van der Waals surface area contributed by atoms with E-state index in [0.29, 0.717) is 5.69 Å². The molecule has 0 fully saturated rings. The standard InChI is InChI=1S/C16H15BrClNO3S/c1-11-10-12(17)6-7-14(11)19-16(20)8-9-23(21,22)15-5-3-2-4-13(15)18/h2-7,10H,8-9H2,1H3,(H,19,20). The van der Waals surface area contributed by atoms with Crippen LogP contribution in [0, 0.1) is 6.92 Å². The Balaban J connectivity index is 2.03. The van der Waals surface area contributed by atoms with Gasteiger partial charge in [-0.3, -0.25) is 4.79 Å². The minimum atomic E-state index is -3.60. The third-order valence-corrected chi connectivity index (χ3v) is 5.93. The van der Waals surface area contributed by atoms with Crippen molar-refractivity contribution in [3.8, 4) is 0 Å². The van der Waals surface area contributed by atoms with E-state index in [4.69, 9.17) is 11.6 Å². The molecule has 1 N–H and O–H groups in total. The van der Waals surface area contributed by atoms with Gasteiger partial charge in [0, 0.05) is 16.6 Å². The number of hydrogen-bond donors (Lipinski definition) is 1. The molecule has 23 heavy (non-hydrogen) atoms. The topological polar surface area (TPSA) is 63.2 Å². The van der Waals surface area contributed by atoms with Gasteiger partial charge in [-0.2, -0.15) is 0 Å². The maximum absolute atomic E-state index is 12.3. The molecule has 7 heteroatoms. The van der Waals surface area contributed by atoms with Crippen molar-refractivity contribution >= 4 is 49.0 Å². The van der Waals surface area contributed by atoms with Crippen LogP contribution in [-0.2, 0) is 14.6 Å². The number of nitrogens with one attached hydrogen (secondary N) is 1. The Morgan fingerprint density at radius 2 is 1.91 bits per heavy atom. The lowest BCUT2D eigenvalue weighted by Gasteiger charge is -2.09. The number of benzene rings is 2. The number of rotatable bonds is 5. The third-order valence-electron chi connectivity index (χ3n) is 3.23. The highest BCUT2D eigenvalue weighted by molar-refractivity contribution is 9.10. The lowest BCUT2D eigenvalue weighted by Crippen LogP contribution is -2.18. The molecule has 2 aromatic carbocycles. The molecule has 0 aliphatic heterocycles. The Morgan fingerprint density at radius 1 is 1.22 bits per heavy atom. The van der Waals surface area contributed by atoms with Crippen LogP contribution in [0.25, 0.3) is 0 Å². The van der Waals surface area contributed by atoms with Crippen LogP contribution in [0.2, 0.25) is 5.02 Å². The number of hydrogen-bond acceptors (Lipinski definition) is 3. The van der Waals surface area contributed by atoms with Gasteiger partial charge in [0.2, 0.25) is 5.91 Å². The van der Waals surface area contributed by atoms with Crippen molar-refractivity contribution in [3.05, 3.63) is 57.5 Å². The van der Waals surface area contributed by atoms with Crippen LogP contribution in [-0.4, -0.2) is 20.1 Å². The van der Waals surface area contributed by atoms with Crippen molar-refractivity contribution < 1.29 is 13.2 Å². The van der Waals surface area contributed by atoms with Gasteiger partial charge in [-0.15, -0.1) is 0 Å². The molecular weight excluding hydrogens is 402 g/mol. The monoisotopic (exact) mass is 415 g/mol. The Bertz CT molecular complexity index is 837. The van der Waals surface area contributed by atoms with Gasteiger partial charge in [0.25, 0.3) is 0 Å². The predicted octanol–water partition coefficient (Wildman–Crippen LogP) is 4.21. The summed E-state index contributed by atoms with van der Waals surface area (Å²) in [5.41, 5.74) is 1.55. The number of anilines is 1. The molecule has 0 aromatic heterocycles. The fraction of sp³-hybridized carbons (Fsp3) is 0.188. The second-order valence-electron chi connectivity index (χ2n) is 5.01. The van der Waals surface area contributed by atoms with Crippen molar-refractivity contribution in [1.29, 1.82) is 0 Å². The highest BCUT2D eigenvalue weighted by Crippen LogP contribution is 2.23. The SMILES string of the molecule is Cc1cc(Br)ccc1NC(=O)CCS(=O)(=O)c1ccccc1Cl. The number of aryl methyl sites for hydroxylation is 1. The molecule has 0 unspecified atom stereocenters. The van der Waals surface area contributed by atoms with Crippen LogP contribution in [0.15, 0.2) is 51.8 Å². The van der Waals surface area contributed by atoms with Crippen LogP contribution in [0.1, 0.15) is 12.0 Å². The molecule has 0 heterocycles. The average Bonchev–Trinajstić information content (AvgIpc) is 2.48. The first-order valence-corrected chi connectivity index (χ1v) is 9.65. The lowest BCUT2D eigenvalue weighted by molar-refractivity contribution is -0.115. The van der Waals surface area contributed by atoms with Gasteiger partial charge in [0.1, 0.15) is 0 Å². The molecule has 4 nitrogen and oxygen atoms in total. The van der Waals surface area contributed by atoms with Gasteiger partial charge in [0.15, 0.2) is 9.84 Å². The molecule has 2 rings (SSSR count). The molecule has 0 saturated carbocycles. The summed E-state index contributed by atoms with van der Waals surface area (Å²) in [6, 6.07) is 11.7. The van der Waals surface area contributed by atoms with Gasteiger partial charge in [-0.1, -0.05) is 39.7 Å². The van der Waals surface area contributed by atoms with E-state index in [2.05, 4.69) is 21.2 Å². The molecule has 122 valence electrons. The van der Waals surface area contributed by atoms with Gasteiger partial charge < -0.3 is 5.32 Å². The van der Waals surface area contributed by atoms with Crippen molar-refractivity contribution in [3.63, 3.8) is 0 Å². The molecular formula is C16H15BrClNO3S. The van der Waals surface area contributed by atoms with Crippen LogP contribution in [0.4, 0.5) is 5.69 Å². The van der Waals surface area contributed by atoms with Crippen LogP contribution >= 0.6 is 27.5 Å². The van der Waals surface area contributed by atoms with Crippen molar-refractivity contribution in [2.24, 2.45) is 0 Å². The highest BCUT2D eigenvalue weighted by atomic mass is 79.9. The summed E-state index contributed by atoms with van der Waals surface area (Å²) in [4.78, 5) is 12.0. The van der Waals surface area contributed by atoms with Gasteiger partial charge in [0.05, 0.1) is 15.7 Å². The van der Waals surface area contributed by atoms with Gasteiger partial charge >= 0.3 is 0 Å². The van der Waals surface area contributed by atoms with Gasteiger partial charge in [-0.25, -0.2) is 8.42 Å². The summed E-state index contributed by atoms with van der Waals surface area (Å²) in [5.74, 6) is -0.649. The molecule has 0 atom stereocenters. The molecule has 1 amide bonds. The zero-order valence-electron chi connectivity index (χ0n) is 12.3. The molecule has 0 bridgehead atoms. The Labute approximate surface area is 148 Å². The zero-order chi connectivity index (χ0) is 17.0. The quantitative estimate of drug-likeness (QED) is 0.794. The number of carbonyl (C=O) groups excluding carboxylic acids is 1. The average molecular weight is 417 g/mol. The predicted molar refractivity (Wildman–Crippen MR) is 95.6 cm³/mol. The number of halogens is 2. The number of sulfone groups is 1. The minimum absolute atomic E-state index is 0.0503. The zero-order valence-corrected chi connectivity index (χ0v) is 15.5. The Morgan fingerprint density at radius 3 is 2.57 bits per heavy atom.